The fourth-order valence-corrected chi connectivity index (χ4v) is 5.30. The first-order chi connectivity index (χ1) is 12.0. The molecule has 2 aliphatic carbocycles. The second kappa shape index (κ2) is 6.09. The summed E-state index contributed by atoms with van der Waals surface area (Å²) in [5.74, 6) is -2.83. The highest BCUT2D eigenvalue weighted by Gasteiger charge is 2.68. The van der Waals surface area contributed by atoms with Crippen LogP contribution in [0.25, 0.3) is 0 Å². The van der Waals surface area contributed by atoms with Crippen molar-refractivity contribution >= 4 is 39.5 Å². The number of alkyl halides is 1. The number of nitrogens with one attached hydrogen (secondary N) is 1. The molecule has 0 unspecified atom stereocenters. The van der Waals surface area contributed by atoms with Crippen LogP contribution < -0.4 is 5.32 Å². The first-order valence-corrected chi connectivity index (χ1v) is 8.94. The molecule has 1 saturated heterocycles. The zero-order valence-corrected chi connectivity index (χ0v) is 14.6. The summed E-state index contributed by atoms with van der Waals surface area (Å²) >= 11 is 3.52. The topological polar surface area (TPSA) is 81.7 Å². The number of halogens is 2. The third kappa shape index (κ3) is 2.72. The van der Waals surface area contributed by atoms with Gasteiger partial charge in [-0.1, -0.05) is 15.9 Å². The van der Waals surface area contributed by atoms with E-state index in [0.717, 1.165) is 6.42 Å². The third-order valence-corrected chi connectivity index (χ3v) is 6.47. The molecule has 6 nitrogen and oxygen atoms in total. The van der Waals surface area contributed by atoms with Crippen LogP contribution in [-0.4, -0.2) is 35.4 Å². The van der Waals surface area contributed by atoms with Crippen LogP contribution in [0.5, 0.6) is 0 Å². The van der Waals surface area contributed by atoms with Gasteiger partial charge in [-0.25, -0.2) is 4.39 Å². The van der Waals surface area contributed by atoms with Gasteiger partial charge >= 0.3 is 11.9 Å². The Bertz CT molecular complexity index is 739. The first-order valence-electron chi connectivity index (χ1n) is 8.02. The van der Waals surface area contributed by atoms with E-state index in [9.17, 15) is 18.8 Å². The summed E-state index contributed by atoms with van der Waals surface area (Å²) in [6.45, 7) is -0.456. The monoisotopic (exact) mass is 411 g/mol. The molecule has 132 valence electrons. The second-order valence-corrected chi connectivity index (χ2v) is 7.68. The Kier molecular flexibility index (Phi) is 4.02. The number of esters is 2. The van der Waals surface area contributed by atoms with Crippen molar-refractivity contribution in [2.75, 3.05) is 11.9 Å². The minimum absolute atomic E-state index is 0.0147. The number of anilines is 1. The average molecular weight is 412 g/mol. The fraction of sp³-hybridized carbons (Fsp3) is 0.471. The van der Waals surface area contributed by atoms with Crippen LogP contribution in [0.3, 0.4) is 0 Å². The van der Waals surface area contributed by atoms with Crippen molar-refractivity contribution < 1.29 is 28.2 Å². The number of amides is 1. The van der Waals surface area contributed by atoms with E-state index in [1.54, 1.807) is 0 Å². The van der Waals surface area contributed by atoms with Crippen molar-refractivity contribution in [1.29, 1.82) is 0 Å². The fourth-order valence-electron chi connectivity index (χ4n) is 4.26. The third-order valence-electron chi connectivity index (χ3n) is 5.27. The van der Waals surface area contributed by atoms with Gasteiger partial charge in [0.2, 0.25) is 0 Å². The number of ether oxygens (including phenoxy) is 2. The van der Waals surface area contributed by atoms with Crippen molar-refractivity contribution in [1.82, 2.24) is 0 Å². The minimum atomic E-state index is -0.570. The molecule has 4 rings (SSSR count). The predicted octanol–water partition coefficient (Wildman–Crippen LogP) is 1.88. The summed E-state index contributed by atoms with van der Waals surface area (Å²) in [5, 5.41) is 2.52. The highest BCUT2D eigenvalue weighted by Crippen LogP contribution is 2.60. The molecule has 1 heterocycles. The van der Waals surface area contributed by atoms with Gasteiger partial charge in [-0.3, -0.25) is 14.4 Å². The summed E-state index contributed by atoms with van der Waals surface area (Å²) in [6, 6.07) is 5.26. The number of carbonyl (C=O) groups excluding carboxylic acids is 3. The lowest BCUT2D eigenvalue weighted by atomic mass is 9.80. The van der Waals surface area contributed by atoms with Gasteiger partial charge in [0.25, 0.3) is 5.91 Å². The highest BCUT2D eigenvalue weighted by atomic mass is 79.9. The summed E-state index contributed by atoms with van der Waals surface area (Å²) in [7, 11) is 0. The maximum atomic E-state index is 12.8. The van der Waals surface area contributed by atoms with Gasteiger partial charge in [0.05, 0.1) is 16.7 Å². The van der Waals surface area contributed by atoms with Gasteiger partial charge < -0.3 is 14.8 Å². The van der Waals surface area contributed by atoms with Gasteiger partial charge in [-0.2, -0.15) is 0 Å². The second-order valence-electron chi connectivity index (χ2n) is 6.62. The molecule has 25 heavy (non-hydrogen) atoms. The Labute approximate surface area is 151 Å². The molecule has 1 aromatic rings. The zero-order valence-electron chi connectivity index (χ0n) is 13.0. The molecule has 3 aliphatic rings. The molecule has 1 amide bonds. The molecular weight excluding hydrogens is 397 g/mol. The van der Waals surface area contributed by atoms with Gasteiger partial charge in [-0.15, -0.1) is 0 Å². The Morgan fingerprint density at radius 2 is 2.00 bits per heavy atom. The molecule has 1 aromatic carbocycles. The lowest BCUT2D eigenvalue weighted by Crippen LogP contribution is -2.39. The van der Waals surface area contributed by atoms with E-state index in [4.69, 9.17) is 9.47 Å². The van der Waals surface area contributed by atoms with Crippen LogP contribution in [0.4, 0.5) is 10.1 Å². The van der Waals surface area contributed by atoms with Crippen molar-refractivity contribution in [3.63, 3.8) is 0 Å². The predicted molar refractivity (Wildman–Crippen MR) is 87.2 cm³/mol. The summed E-state index contributed by atoms with van der Waals surface area (Å²) in [4.78, 5) is 36.3. The standard InChI is InChI=1S/C17H15BrFNO5/c18-14-9-5-10-13(17(23)25-15(10)14)12(9)16(22)24-6-11(21)20-8-3-1-7(19)2-4-8/h1-4,9-10,12-15H,5-6H2,(H,20,21)/t9-,10-,12-,13-,14-,15+/m1/s1. The van der Waals surface area contributed by atoms with Crippen LogP contribution in [0.1, 0.15) is 6.42 Å². The smallest absolute Gasteiger partial charge is 0.310 e. The SMILES string of the molecule is O=C(COC(=O)[C@@H]1[C@H]2C[C@H]3[C@H](OC(=O)[C@H]31)[C@@H]2Br)Nc1ccc(F)cc1. The van der Waals surface area contributed by atoms with Crippen LogP contribution >= 0.6 is 15.9 Å². The van der Waals surface area contributed by atoms with Crippen molar-refractivity contribution in [2.24, 2.45) is 23.7 Å². The molecule has 2 bridgehead atoms. The lowest BCUT2D eigenvalue weighted by molar-refractivity contribution is -0.157. The summed E-state index contributed by atoms with van der Waals surface area (Å²) < 4.78 is 23.3. The van der Waals surface area contributed by atoms with Gasteiger partial charge in [-0.05, 0) is 36.6 Å². The van der Waals surface area contributed by atoms with E-state index in [1.165, 1.54) is 24.3 Å². The molecule has 1 N–H and O–H groups in total. The van der Waals surface area contributed by atoms with Crippen molar-refractivity contribution in [3.8, 4) is 0 Å². The van der Waals surface area contributed by atoms with E-state index in [-0.39, 0.29) is 28.7 Å². The van der Waals surface area contributed by atoms with Crippen molar-refractivity contribution in [2.45, 2.75) is 17.4 Å². The number of carbonyl (C=O) groups is 3. The van der Waals surface area contributed by atoms with Crippen molar-refractivity contribution in [3.05, 3.63) is 30.1 Å². The summed E-state index contributed by atoms with van der Waals surface area (Å²) in [5.41, 5.74) is 0.408. The molecule has 0 radical (unpaired) electrons. The maximum Gasteiger partial charge on any atom is 0.310 e. The number of benzene rings is 1. The molecule has 6 atom stereocenters. The normalized spacial score (nSPS) is 34.7. The van der Waals surface area contributed by atoms with Crippen LogP contribution in [0.2, 0.25) is 0 Å². The quantitative estimate of drug-likeness (QED) is 0.604. The minimum Gasteiger partial charge on any atom is -0.461 e. The van der Waals surface area contributed by atoms with Crippen LogP contribution in [0.15, 0.2) is 24.3 Å². The van der Waals surface area contributed by atoms with Crippen LogP contribution in [-0.2, 0) is 23.9 Å². The maximum absolute atomic E-state index is 12.8. The zero-order chi connectivity index (χ0) is 17.7. The molecule has 0 spiro atoms. The van der Waals surface area contributed by atoms with Crippen LogP contribution in [0, 0.1) is 29.5 Å². The van der Waals surface area contributed by atoms with E-state index < -0.39 is 36.1 Å². The lowest BCUT2D eigenvalue weighted by Gasteiger charge is -2.26. The number of hydrogen-bond acceptors (Lipinski definition) is 5. The molecule has 0 aromatic heterocycles. The Hall–Kier alpha value is -1.96. The largest absolute Gasteiger partial charge is 0.461 e. The highest BCUT2D eigenvalue weighted by molar-refractivity contribution is 9.09. The van der Waals surface area contributed by atoms with Gasteiger partial charge in [0.1, 0.15) is 11.9 Å². The van der Waals surface area contributed by atoms with E-state index in [2.05, 4.69) is 21.2 Å². The van der Waals surface area contributed by atoms with E-state index in [0.29, 0.717) is 5.69 Å². The first kappa shape index (κ1) is 16.5. The van der Waals surface area contributed by atoms with E-state index >= 15 is 0 Å². The molecule has 8 heteroatoms. The van der Waals surface area contributed by atoms with Gasteiger partial charge in [0, 0.05) is 11.6 Å². The molecule has 2 saturated carbocycles. The number of fused-ring (bicyclic) bond motifs is 1. The Morgan fingerprint density at radius 1 is 1.28 bits per heavy atom. The molecule has 1 aliphatic heterocycles. The Morgan fingerprint density at radius 3 is 2.72 bits per heavy atom. The number of rotatable bonds is 4. The average Bonchev–Trinajstić information content (AvgIpc) is 3.19. The van der Waals surface area contributed by atoms with Gasteiger partial charge in [0.15, 0.2) is 6.61 Å². The van der Waals surface area contributed by atoms with E-state index in [1.807, 2.05) is 0 Å². The number of hydrogen-bond donors (Lipinski definition) is 1. The summed E-state index contributed by atoms with van der Waals surface area (Å²) in [6.07, 6.45) is 0.590. The Balaban J connectivity index is 1.35. The molecular formula is C17H15BrFNO5. The molecule has 3 fully saturated rings.